The Morgan fingerprint density at radius 3 is 2.44 bits per heavy atom. The molecular formula is C25H16ClF4N3O6. The normalized spacial score (nSPS) is 11.2. The van der Waals surface area contributed by atoms with Gasteiger partial charge in [-0.1, -0.05) is 29.8 Å². The summed E-state index contributed by atoms with van der Waals surface area (Å²) in [5.74, 6) is -2.23. The Morgan fingerprint density at radius 1 is 1.03 bits per heavy atom. The number of hydrogen-bond donors (Lipinski definition) is 0. The minimum Gasteiger partial charge on any atom is -0.463 e. The van der Waals surface area contributed by atoms with Gasteiger partial charge >= 0.3 is 17.8 Å². The van der Waals surface area contributed by atoms with E-state index in [-0.39, 0.29) is 37.6 Å². The molecule has 0 amide bonds. The van der Waals surface area contributed by atoms with Crippen LogP contribution in [-0.4, -0.2) is 26.7 Å². The molecule has 0 aliphatic rings. The minimum absolute atomic E-state index is 0.0999. The highest BCUT2D eigenvalue weighted by atomic mass is 35.5. The Bertz CT molecular complexity index is 1650. The molecule has 0 N–H and O–H groups in total. The van der Waals surface area contributed by atoms with Gasteiger partial charge in [-0.3, -0.25) is 9.36 Å². The summed E-state index contributed by atoms with van der Waals surface area (Å²) in [5.41, 5.74) is -5.11. The molecule has 0 spiro atoms. The topological polar surface area (TPSA) is 102 Å². The van der Waals surface area contributed by atoms with E-state index in [0.29, 0.717) is 11.8 Å². The van der Waals surface area contributed by atoms with Gasteiger partial charge in [-0.2, -0.15) is 13.2 Å². The molecule has 14 heteroatoms. The highest BCUT2D eigenvalue weighted by Gasteiger charge is 2.35. The third kappa shape index (κ3) is 6.09. The standard InChI is InChI=1S/C25H16ClF4N3O6/c1-32-20(25(28,29)30)12-21(34)33(24(32)36)17-11-19(15(26)10-16(17)27)39-18-8-5-9-31-23(18)37-13-22(35)38-14-6-3-2-4-7-14/h2-12H,13H2,1H3. The van der Waals surface area contributed by atoms with Crippen molar-refractivity contribution in [2.45, 2.75) is 6.18 Å². The van der Waals surface area contributed by atoms with Crippen LogP contribution in [0.4, 0.5) is 17.6 Å². The summed E-state index contributed by atoms with van der Waals surface area (Å²) in [6.07, 6.45) is -3.67. The Morgan fingerprint density at radius 2 is 1.74 bits per heavy atom. The molecule has 4 aromatic rings. The number of ether oxygens (including phenoxy) is 3. The van der Waals surface area contributed by atoms with E-state index in [4.69, 9.17) is 25.8 Å². The van der Waals surface area contributed by atoms with Crippen LogP contribution in [0, 0.1) is 5.82 Å². The van der Waals surface area contributed by atoms with Crippen molar-refractivity contribution in [3.63, 3.8) is 0 Å². The van der Waals surface area contributed by atoms with Crippen LogP contribution in [-0.2, 0) is 18.0 Å². The lowest BCUT2D eigenvalue weighted by Gasteiger charge is -2.16. The number of hydrogen-bond acceptors (Lipinski definition) is 7. The van der Waals surface area contributed by atoms with Crippen molar-refractivity contribution in [3.05, 3.63) is 104 Å². The predicted molar refractivity (Wildman–Crippen MR) is 129 cm³/mol. The summed E-state index contributed by atoms with van der Waals surface area (Å²) in [4.78, 5) is 41.1. The van der Waals surface area contributed by atoms with Crippen LogP contribution in [0.2, 0.25) is 5.02 Å². The quantitative estimate of drug-likeness (QED) is 0.184. The molecule has 2 aromatic carbocycles. The van der Waals surface area contributed by atoms with E-state index in [9.17, 15) is 31.9 Å². The van der Waals surface area contributed by atoms with Gasteiger partial charge in [-0.15, -0.1) is 0 Å². The number of pyridine rings is 1. The van der Waals surface area contributed by atoms with Gasteiger partial charge in [0.1, 0.15) is 23.0 Å². The number of nitrogens with zero attached hydrogens (tertiary/aromatic N) is 3. The summed E-state index contributed by atoms with van der Waals surface area (Å²) >= 11 is 6.09. The van der Waals surface area contributed by atoms with Crippen molar-refractivity contribution < 1.29 is 36.6 Å². The summed E-state index contributed by atoms with van der Waals surface area (Å²) in [5, 5.41) is -0.314. The Labute approximate surface area is 221 Å². The molecule has 0 fully saturated rings. The SMILES string of the molecule is Cn1c(C(F)(F)F)cc(=O)n(-c2cc(Oc3cccnc3OCC(=O)Oc3ccccc3)c(Cl)cc2F)c1=O. The minimum atomic E-state index is -5.00. The fraction of sp³-hybridized carbons (Fsp3) is 0.120. The Kier molecular flexibility index (Phi) is 7.72. The molecule has 0 aliphatic carbocycles. The van der Waals surface area contributed by atoms with E-state index in [1.807, 2.05) is 0 Å². The van der Waals surface area contributed by atoms with Crippen LogP contribution >= 0.6 is 11.6 Å². The lowest BCUT2D eigenvalue weighted by molar-refractivity contribution is -0.144. The number of rotatable bonds is 7. The number of alkyl halides is 3. The van der Waals surface area contributed by atoms with Crippen molar-refractivity contribution in [3.8, 4) is 28.8 Å². The van der Waals surface area contributed by atoms with Gasteiger partial charge in [0.25, 0.3) is 11.4 Å². The van der Waals surface area contributed by atoms with Gasteiger partial charge in [0.05, 0.1) is 10.7 Å². The van der Waals surface area contributed by atoms with Gasteiger partial charge in [0.2, 0.25) is 0 Å². The van der Waals surface area contributed by atoms with E-state index >= 15 is 0 Å². The molecule has 0 bridgehead atoms. The third-order valence-corrected chi connectivity index (χ3v) is 5.41. The molecule has 0 unspecified atom stereocenters. The summed E-state index contributed by atoms with van der Waals surface area (Å²) in [6, 6.07) is 12.8. The first kappa shape index (κ1) is 27.4. The largest absolute Gasteiger partial charge is 0.463 e. The monoisotopic (exact) mass is 565 g/mol. The maximum atomic E-state index is 14.8. The number of aromatic nitrogens is 3. The summed E-state index contributed by atoms with van der Waals surface area (Å²) in [6.45, 7) is -0.568. The second kappa shape index (κ2) is 11.0. The van der Waals surface area contributed by atoms with Crippen LogP contribution in [0.3, 0.4) is 0 Å². The average Bonchev–Trinajstić information content (AvgIpc) is 2.88. The molecule has 9 nitrogen and oxygen atoms in total. The summed E-state index contributed by atoms with van der Waals surface area (Å²) in [7, 11) is 0.786. The van der Waals surface area contributed by atoms with Crippen LogP contribution < -0.4 is 25.5 Å². The first-order valence-electron chi connectivity index (χ1n) is 10.9. The first-order chi connectivity index (χ1) is 18.5. The van der Waals surface area contributed by atoms with E-state index in [2.05, 4.69) is 4.98 Å². The highest BCUT2D eigenvalue weighted by Crippen LogP contribution is 2.36. The van der Waals surface area contributed by atoms with Crippen LogP contribution in [0.15, 0.2) is 76.4 Å². The highest BCUT2D eigenvalue weighted by molar-refractivity contribution is 6.32. The smallest absolute Gasteiger partial charge is 0.431 e. The molecule has 0 aliphatic heterocycles. The maximum absolute atomic E-state index is 14.8. The van der Waals surface area contributed by atoms with E-state index < -0.39 is 47.2 Å². The van der Waals surface area contributed by atoms with E-state index in [0.717, 1.165) is 13.1 Å². The zero-order chi connectivity index (χ0) is 28.3. The third-order valence-electron chi connectivity index (χ3n) is 5.11. The van der Waals surface area contributed by atoms with E-state index in [1.165, 1.54) is 18.3 Å². The lowest BCUT2D eigenvalue weighted by Crippen LogP contribution is -2.41. The van der Waals surface area contributed by atoms with Crippen molar-refractivity contribution >= 4 is 17.6 Å². The van der Waals surface area contributed by atoms with Crippen molar-refractivity contribution in [2.24, 2.45) is 7.05 Å². The molecule has 0 saturated heterocycles. The van der Waals surface area contributed by atoms with Gasteiger partial charge in [-0.05, 0) is 30.3 Å². The number of benzene rings is 2. The maximum Gasteiger partial charge on any atom is 0.431 e. The molecular weight excluding hydrogens is 550 g/mol. The van der Waals surface area contributed by atoms with Gasteiger partial charge < -0.3 is 14.2 Å². The van der Waals surface area contributed by atoms with Crippen LogP contribution in [0.1, 0.15) is 5.69 Å². The second-order valence-electron chi connectivity index (χ2n) is 7.76. The van der Waals surface area contributed by atoms with Crippen LogP contribution in [0.5, 0.6) is 23.1 Å². The Hall–Kier alpha value is -4.65. The fourth-order valence-corrected chi connectivity index (χ4v) is 3.53. The number of carbonyl (C=O) groups excluding carboxylic acids is 1. The number of carbonyl (C=O) groups is 1. The molecule has 39 heavy (non-hydrogen) atoms. The lowest BCUT2D eigenvalue weighted by atomic mass is 10.2. The second-order valence-corrected chi connectivity index (χ2v) is 8.17. The van der Waals surface area contributed by atoms with Gasteiger partial charge in [-0.25, -0.2) is 23.5 Å². The van der Waals surface area contributed by atoms with Gasteiger partial charge in [0.15, 0.2) is 12.4 Å². The molecule has 202 valence electrons. The number of para-hydroxylation sites is 1. The van der Waals surface area contributed by atoms with Crippen molar-refractivity contribution in [1.29, 1.82) is 0 Å². The molecule has 0 atom stereocenters. The zero-order valence-electron chi connectivity index (χ0n) is 19.7. The number of halogens is 5. The molecule has 2 heterocycles. The summed E-state index contributed by atoms with van der Waals surface area (Å²) < 4.78 is 70.8. The molecule has 2 aromatic heterocycles. The van der Waals surface area contributed by atoms with Crippen LogP contribution in [0.25, 0.3) is 5.69 Å². The fourth-order valence-electron chi connectivity index (χ4n) is 3.34. The predicted octanol–water partition coefficient (Wildman–Crippen LogP) is 4.52. The van der Waals surface area contributed by atoms with Gasteiger partial charge in [0, 0.05) is 25.4 Å². The Balaban J connectivity index is 1.64. The van der Waals surface area contributed by atoms with Crippen molar-refractivity contribution in [1.82, 2.24) is 14.1 Å². The molecule has 4 rings (SSSR count). The first-order valence-corrected chi connectivity index (χ1v) is 11.2. The van der Waals surface area contributed by atoms with E-state index in [1.54, 1.807) is 30.3 Å². The molecule has 0 radical (unpaired) electrons. The average molecular weight is 566 g/mol. The molecule has 0 saturated carbocycles. The van der Waals surface area contributed by atoms with Crippen molar-refractivity contribution in [2.75, 3.05) is 6.61 Å². The zero-order valence-corrected chi connectivity index (χ0v) is 20.5. The number of esters is 1.